The molecule has 4 rings (SSSR count). The van der Waals surface area contributed by atoms with Gasteiger partial charge >= 0.3 is 6.18 Å². The van der Waals surface area contributed by atoms with Gasteiger partial charge in [0.25, 0.3) is 5.91 Å². The van der Waals surface area contributed by atoms with Crippen molar-refractivity contribution >= 4 is 27.5 Å². The molecule has 0 radical (unpaired) electrons. The molecule has 2 atom stereocenters. The summed E-state index contributed by atoms with van der Waals surface area (Å²) in [6, 6.07) is 3.84. The number of anilines is 1. The first-order valence-corrected chi connectivity index (χ1v) is 9.30. The highest BCUT2D eigenvalue weighted by Gasteiger charge is 2.41. The Morgan fingerprint density at radius 2 is 2.04 bits per heavy atom. The fourth-order valence-corrected chi connectivity index (χ4v) is 3.52. The Labute approximate surface area is 166 Å². The fraction of sp³-hybridized carbons (Fsp3) is 0.438. The van der Waals surface area contributed by atoms with Crippen molar-refractivity contribution < 1.29 is 27.5 Å². The van der Waals surface area contributed by atoms with Crippen molar-refractivity contribution in [3.05, 3.63) is 40.0 Å². The Morgan fingerprint density at radius 1 is 1.21 bits per heavy atom. The number of fused-ring (bicyclic) bond motifs is 1. The van der Waals surface area contributed by atoms with Crippen LogP contribution in [0.25, 0.3) is 0 Å². The fourth-order valence-electron chi connectivity index (χ4n) is 3.16. The number of halogens is 4. The van der Waals surface area contributed by atoms with E-state index in [2.05, 4.69) is 32.0 Å². The predicted octanol–water partition coefficient (Wildman–Crippen LogP) is 1.27. The molecule has 2 unspecified atom stereocenters. The van der Waals surface area contributed by atoms with Crippen molar-refractivity contribution in [1.82, 2.24) is 21.1 Å². The number of rotatable bonds is 2. The average Bonchev–Trinajstić information content (AvgIpc) is 2.88. The minimum absolute atomic E-state index is 0.108. The first-order valence-electron chi connectivity index (χ1n) is 8.51. The second kappa shape index (κ2) is 7.61. The Kier molecular flexibility index (Phi) is 5.33. The van der Waals surface area contributed by atoms with Crippen molar-refractivity contribution in [2.45, 2.75) is 18.6 Å². The van der Waals surface area contributed by atoms with Crippen molar-refractivity contribution in [2.75, 3.05) is 31.4 Å². The zero-order valence-electron chi connectivity index (χ0n) is 14.4. The molecule has 152 valence electrons. The van der Waals surface area contributed by atoms with E-state index in [1.54, 1.807) is 5.06 Å². The lowest BCUT2D eigenvalue weighted by Crippen LogP contribution is -2.67. The van der Waals surface area contributed by atoms with E-state index < -0.39 is 30.1 Å². The molecule has 2 saturated heterocycles. The second-order valence-electron chi connectivity index (χ2n) is 6.30. The highest BCUT2D eigenvalue weighted by molar-refractivity contribution is 9.10. The van der Waals surface area contributed by atoms with E-state index in [-0.39, 0.29) is 11.3 Å². The smallest absolute Gasteiger partial charge is 0.378 e. The molecule has 0 spiro atoms. The van der Waals surface area contributed by atoms with Crippen LogP contribution in [0.3, 0.4) is 0 Å². The monoisotopic (exact) mass is 463 g/mol. The Morgan fingerprint density at radius 3 is 2.82 bits per heavy atom. The van der Waals surface area contributed by atoms with Gasteiger partial charge in [-0.1, -0.05) is 15.9 Å². The van der Waals surface area contributed by atoms with Gasteiger partial charge < -0.3 is 10.1 Å². The maximum atomic E-state index is 13.4. The third kappa shape index (κ3) is 3.88. The number of hydrogen-bond donors (Lipinski definition) is 3. The van der Waals surface area contributed by atoms with Crippen LogP contribution in [0.5, 0.6) is 0 Å². The van der Waals surface area contributed by atoms with Crippen molar-refractivity contribution in [2.24, 2.45) is 0 Å². The standard InChI is InChI=1S/C16H17BrF3N5O3/c17-9-1-2-12(11(7-9)16(18,19)20)24-8-10-13(23-24)21-15(22-14(10)26)25-3-4-27-5-6-28-25/h1-2,7-8,13,15,21,23H,3-6H2,(H,22,26). The number of hydroxylamine groups is 2. The maximum Gasteiger partial charge on any atom is 0.418 e. The zero-order valence-corrected chi connectivity index (χ0v) is 16.0. The minimum Gasteiger partial charge on any atom is -0.378 e. The lowest BCUT2D eigenvalue weighted by Gasteiger charge is -2.36. The lowest BCUT2D eigenvalue weighted by atomic mass is 10.1. The van der Waals surface area contributed by atoms with E-state index in [1.807, 2.05) is 0 Å². The third-order valence-corrected chi connectivity index (χ3v) is 4.95. The summed E-state index contributed by atoms with van der Waals surface area (Å²) in [5.74, 6) is -0.400. The molecule has 3 heterocycles. The molecule has 0 saturated carbocycles. The van der Waals surface area contributed by atoms with Gasteiger partial charge in [-0.3, -0.25) is 20.0 Å². The molecular weight excluding hydrogens is 447 g/mol. The molecule has 1 aromatic rings. The summed E-state index contributed by atoms with van der Waals surface area (Å²) in [6.07, 6.45) is -4.51. The first-order chi connectivity index (χ1) is 13.3. The normalized spacial score (nSPS) is 26.5. The van der Waals surface area contributed by atoms with Crippen LogP contribution < -0.4 is 21.1 Å². The van der Waals surface area contributed by atoms with Gasteiger partial charge in [-0.05, 0) is 18.2 Å². The van der Waals surface area contributed by atoms with Crippen LogP contribution in [-0.2, 0) is 20.5 Å². The van der Waals surface area contributed by atoms with E-state index in [1.165, 1.54) is 23.3 Å². The molecule has 8 nitrogen and oxygen atoms in total. The highest BCUT2D eigenvalue weighted by Crippen LogP contribution is 2.39. The Bertz CT molecular complexity index is 798. The van der Waals surface area contributed by atoms with Crippen LogP contribution in [0.15, 0.2) is 34.4 Å². The van der Waals surface area contributed by atoms with Gasteiger partial charge in [0.1, 0.15) is 6.17 Å². The van der Waals surface area contributed by atoms with Gasteiger partial charge in [-0.15, -0.1) is 0 Å². The van der Waals surface area contributed by atoms with Gasteiger partial charge in [0, 0.05) is 10.7 Å². The molecule has 12 heteroatoms. The summed E-state index contributed by atoms with van der Waals surface area (Å²) < 4.78 is 46.0. The number of carbonyl (C=O) groups is 1. The molecule has 0 bridgehead atoms. The number of benzene rings is 1. The SMILES string of the molecule is O=C1NC(N2CCOCCO2)NC2NN(c3ccc(Br)cc3C(F)(F)F)C=C12. The van der Waals surface area contributed by atoms with E-state index in [0.29, 0.717) is 30.8 Å². The molecule has 1 aromatic carbocycles. The number of hydrazine groups is 1. The van der Waals surface area contributed by atoms with Gasteiger partial charge in [0.05, 0.1) is 43.2 Å². The molecule has 0 aromatic heterocycles. The Balaban J connectivity index is 1.56. The number of amides is 1. The number of nitrogens with zero attached hydrogens (tertiary/aromatic N) is 2. The van der Waals surface area contributed by atoms with E-state index in [4.69, 9.17) is 9.57 Å². The molecule has 2 fully saturated rings. The van der Waals surface area contributed by atoms with Gasteiger partial charge in [0.15, 0.2) is 6.29 Å². The maximum absolute atomic E-state index is 13.4. The summed E-state index contributed by atoms with van der Waals surface area (Å²) in [6.45, 7) is 1.66. The quantitative estimate of drug-likeness (QED) is 0.609. The summed E-state index contributed by atoms with van der Waals surface area (Å²) in [4.78, 5) is 18.0. The van der Waals surface area contributed by atoms with E-state index >= 15 is 0 Å². The van der Waals surface area contributed by atoms with Crippen LogP contribution >= 0.6 is 15.9 Å². The molecule has 0 aliphatic carbocycles. The predicted molar refractivity (Wildman–Crippen MR) is 95.2 cm³/mol. The molecule has 1 amide bonds. The van der Waals surface area contributed by atoms with Crippen molar-refractivity contribution in [3.63, 3.8) is 0 Å². The van der Waals surface area contributed by atoms with Crippen LogP contribution in [0, 0.1) is 0 Å². The minimum atomic E-state index is -4.55. The summed E-state index contributed by atoms with van der Waals surface area (Å²) in [7, 11) is 0. The average molecular weight is 464 g/mol. The van der Waals surface area contributed by atoms with E-state index in [9.17, 15) is 18.0 Å². The van der Waals surface area contributed by atoms with Crippen LogP contribution in [-0.4, -0.2) is 49.8 Å². The van der Waals surface area contributed by atoms with Crippen molar-refractivity contribution in [3.8, 4) is 0 Å². The van der Waals surface area contributed by atoms with E-state index in [0.717, 1.165) is 6.07 Å². The number of hydrogen-bond acceptors (Lipinski definition) is 7. The molecule has 3 aliphatic rings. The summed E-state index contributed by atoms with van der Waals surface area (Å²) >= 11 is 3.07. The number of alkyl halides is 3. The topological polar surface area (TPSA) is 78.1 Å². The number of carbonyl (C=O) groups excluding carboxylic acids is 1. The number of ether oxygens (including phenoxy) is 1. The van der Waals surface area contributed by atoms with Crippen LogP contribution in [0.4, 0.5) is 18.9 Å². The first kappa shape index (κ1) is 19.6. The molecule has 3 aliphatic heterocycles. The van der Waals surface area contributed by atoms with Crippen LogP contribution in [0.2, 0.25) is 0 Å². The molecular formula is C16H17BrF3N5O3. The van der Waals surface area contributed by atoms with Crippen molar-refractivity contribution in [1.29, 1.82) is 0 Å². The van der Waals surface area contributed by atoms with Gasteiger partial charge in [-0.2, -0.15) is 18.2 Å². The van der Waals surface area contributed by atoms with Gasteiger partial charge in [-0.25, -0.2) is 5.43 Å². The van der Waals surface area contributed by atoms with Crippen LogP contribution in [0.1, 0.15) is 5.56 Å². The molecule has 28 heavy (non-hydrogen) atoms. The second-order valence-corrected chi connectivity index (χ2v) is 7.22. The Hall–Kier alpha value is -1.70. The largest absolute Gasteiger partial charge is 0.418 e. The number of nitrogens with one attached hydrogen (secondary N) is 3. The summed E-state index contributed by atoms with van der Waals surface area (Å²) in [5, 5.41) is 8.61. The zero-order chi connectivity index (χ0) is 19.9. The highest BCUT2D eigenvalue weighted by atomic mass is 79.9. The molecule has 3 N–H and O–H groups in total. The third-order valence-electron chi connectivity index (χ3n) is 4.45. The lowest BCUT2D eigenvalue weighted by molar-refractivity contribution is -0.196. The van der Waals surface area contributed by atoms with Gasteiger partial charge in [0.2, 0.25) is 0 Å². The summed E-state index contributed by atoms with van der Waals surface area (Å²) in [5.41, 5.74) is 2.24.